The number of amides is 1. The number of nitrogens with zero attached hydrogens (tertiary/aromatic N) is 3. The molecule has 1 saturated heterocycles. The van der Waals surface area contributed by atoms with Gasteiger partial charge in [-0.1, -0.05) is 24.5 Å². The Bertz CT molecular complexity index is 1110. The Morgan fingerprint density at radius 2 is 2.03 bits per heavy atom. The van der Waals surface area contributed by atoms with Gasteiger partial charge in [-0.2, -0.15) is 4.31 Å². The molecule has 1 atom stereocenters. The molecular weight excluding hydrogens is 424 g/mol. The molecule has 1 aliphatic rings. The third-order valence-corrected chi connectivity index (χ3v) is 7.97. The zero-order valence-corrected chi connectivity index (χ0v) is 18.1. The second-order valence-corrected chi connectivity index (χ2v) is 9.88. The van der Waals surface area contributed by atoms with E-state index in [0.717, 1.165) is 30.6 Å². The molecule has 1 N–H and O–H groups in total. The van der Waals surface area contributed by atoms with Crippen LogP contribution >= 0.6 is 11.3 Å². The fraction of sp³-hybridized carbons (Fsp3) is 0.350. The van der Waals surface area contributed by atoms with Gasteiger partial charge in [-0.3, -0.25) is 10.1 Å². The highest BCUT2D eigenvalue weighted by molar-refractivity contribution is 7.89. The molecule has 2 aromatic heterocycles. The van der Waals surface area contributed by atoms with Crippen molar-refractivity contribution < 1.29 is 17.6 Å². The van der Waals surface area contributed by atoms with Gasteiger partial charge in [0, 0.05) is 18.2 Å². The summed E-state index contributed by atoms with van der Waals surface area (Å²) < 4.78 is 33.1. The predicted molar refractivity (Wildman–Crippen MR) is 114 cm³/mol. The highest BCUT2D eigenvalue weighted by atomic mass is 32.2. The molecule has 1 amide bonds. The summed E-state index contributed by atoms with van der Waals surface area (Å²) in [5.41, 5.74) is 0.301. The van der Waals surface area contributed by atoms with Gasteiger partial charge < -0.3 is 4.42 Å². The van der Waals surface area contributed by atoms with Crippen LogP contribution in [0, 0.1) is 0 Å². The van der Waals surface area contributed by atoms with E-state index in [1.165, 1.54) is 35.6 Å². The van der Waals surface area contributed by atoms with Crippen LogP contribution in [-0.4, -0.2) is 41.4 Å². The van der Waals surface area contributed by atoms with Crippen molar-refractivity contribution in [1.29, 1.82) is 0 Å². The Kier molecular flexibility index (Phi) is 5.98. The van der Waals surface area contributed by atoms with Crippen LogP contribution in [0.5, 0.6) is 0 Å². The zero-order valence-electron chi connectivity index (χ0n) is 16.4. The third-order valence-electron chi connectivity index (χ3n) is 5.14. The Balaban J connectivity index is 1.47. The molecule has 0 unspecified atom stereocenters. The molecule has 1 aromatic carbocycles. The highest BCUT2D eigenvalue weighted by Gasteiger charge is 2.32. The minimum absolute atomic E-state index is 0.0146. The number of sulfonamides is 1. The van der Waals surface area contributed by atoms with Crippen LogP contribution in [0.15, 0.2) is 51.1 Å². The lowest BCUT2D eigenvalue weighted by Gasteiger charge is -2.34. The number of piperidine rings is 1. The molecule has 1 fully saturated rings. The van der Waals surface area contributed by atoms with Crippen molar-refractivity contribution in [3.63, 3.8) is 0 Å². The summed E-state index contributed by atoms with van der Waals surface area (Å²) in [5, 5.41) is 12.2. The maximum Gasteiger partial charge on any atom is 0.322 e. The van der Waals surface area contributed by atoms with Crippen LogP contribution in [0.25, 0.3) is 10.8 Å². The minimum Gasteiger partial charge on any atom is -0.402 e. The van der Waals surface area contributed by atoms with Gasteiger partial charge in [0.2, 0.25) is 10.0 Å². The lowest BCUT2D eigenvalue weighted by atomic mass is 10.0. The molecule has 3 heterocycles. The molecule has 10 heteroatoms. The first-order valence-electron chi connectivity index (χ1n) is 9.79. The number of nitrogens with one attached hydrogen (secondary N) is 1. The van der Waals surface area contributed by atoms with Crippen molar-refractivity contribution in [2.24, 2.45) is 0 Å². The van der Waals surface area contributed by atoms with Gasteiger partial charge >= 0.3 is 6.01 Å². The number of anilines is 1. The standard InChI is InChI=1S/C20H22N4O4S2/c1-2-15-6-3-4-12-24(15)30(26,27)16-10-8-14(9-11-16)18(25)21-20-23-22-19(28-20)17-7-5-13-29-17/h5,7-11,13,15H,2-4,6,12H2,1H3,(H,21,23,25)/t15-/m1/s1. The lowest BCUT2D eigenvalue weighted by molar-refractivity contribution is 0.102. The molecule has 3 aromatic rings. The Morgan fingerprint density at radius 1 is 1.23 bits per heavy atom. The number of aromatic nitrogens is 2. The van der Waals surface area contributed by atoms with Crippen molar-refractivity contribution >= 4 is 33.3 Å². The van der Waals surface area contributed by atoms with Crippen molar-refractivity contribution in [2.45, 2.75) is 43.5 Å². The number of rotatable bonds is 6. The zero-order chi connectivity index (χ0) is 21.1. The maximum absolute atomic E-state index is 13.0. The van der Waals surface area contributed by atoms with E-state index in [1.54, 1.807) is 4.31 Å². The summed E-state index contributed by atoms with van der Waals surface area (Å²) in [5.74, 6) is -0.126. The summed E-state index contributed by atoms with van der Waals surface area (Å²) in [4.78, 5) is 13.5. The second kappa shape index (κ2) is 8.66. The molecule has 0 saturated carbocycles. The summed E-state index contributed by atoms with van der Waals surface area (Å²) in [6.45, 7) is 2.54. The first-order chi connectivity index (χ1) is 14.5. The van der Waals surface area contributed by atoms with Gasteiger partial charge in [-0.15, -0.1) is 16.4 Å². The smallest absolute Gasteiger partial charge is 0.322 e. The first kappa shape index (κ1) is 20.7. The van der Waals surface area contributed by atoms with E-state index in [-0.39, 0.29) is 17.0 Å². The van der Waals surface area contributed by atoms with Crippen molar-refractivity contribution in [2.75, 3.05) is 11.9 Å². The van der Waals surface area contributed by atoms with Gasteiger partial charge in [0.15, 0.2) is 0 Å². The van der Waals surface area contributed by atoms with E-state index in [1.807, 2.05) is 24.4 Å². The van der Waals surface area contributed by atoms with Crippen LogP contribution in [0.3, 0.4) is 0 Å². The Labute approximate surface area is 179 Å². The summed E-state index contributed by atoms with van der Waals surface area (Å²) >= 11 is 1.45. The van der Waals surface area contributed by atoms with E-state index in [4.69, 9.17) is 4.42 Å². The highest BCUT2D eigenvalue weighted by Crippen LogP contribution is 2.27. The maximum atomic E-state index is 13.0. The average molecular weight is 447 g/mol. The fourth-order valence-corrected chi connectivity index (χ4v) is 5.97. The van der Waals surface area contributed by atoms with Crippen molar-refractivity contribution in [3.8, 4) is 10.8 Å². The fourth-order valence-electron chi connectivity index (χ4n) is 3.55. The lowest BCUT2D eigenvalue weighted by Crippen LogP contribution is -2.43. The normalized spacial score (nSPS) is 17.7. The third kappa shape index (κ3) is 4.16. The van der Waals surface area contributed by atoms with Crippen LogP contribution < -0.4 is 5.32 Å². The van der Waals surface area contributed by atoms with Crippen LogP contribution in [0.4, 0.5) is 6.01 Å². The average Bonchev–Trinajstić information content (AvgIpc) is 3.46. The van der Waals surface area contributed by atoms with E-state index >= 15 is 0 Å². The van der Waals surface area contributed by atoms with Gasteiger partial charge in [-0.25, -0.2) is 8.42 Å². The van der Waals surface area contributed by atoms with Gasteiger partial charge in [0.05, 0.1) is 9.77 Å². The molecular formula is C20H22N4O4S2. The van der Waals surface area contributed by atoms with Gasteiger partial charge in [-0.05, 0) is 55.0 Å². The van der Waals surface area contributed by atoms with Crippen LogP contribution in [0.1, 0.15) is 43.0 Å². The monoisotopic (exact) mass is 446 g/mol. The molecule has 30 heavy (non-hydrogen) atoms. The van der Waals surface area contributed by atoms with Crippen LogP contribution in [0.2, 0.25) is 0 Å². The topological polar surface area (TPSA) is 105 Å². The Morgan fingerprint density at radius 3 is 2.73 bits per heavy atom. The molecule has 1 aliphatic heterocycles. The quantitative estimate of drug-likeness (QED) is 0.613. The number of benzene rings is 1. The SMILES string of the molecule is CC[C@@H]1CCCCN1S(=O)(=O)c1ccc(C(=O)Nc2nnc(-c3cccs3)o2)cc1. The van der Waals surface area contributed by atoms with E-state index < -0.39 is 15.9 Å². The van der Waals surface area contributed by atoms with E-state index in [9.17, 15) is 13.2 Å². The predicted octanol–water partition coefficient (Wildman–Crippen LogP) is 4.00. The number of thiophene rings is 1. The van der Waals surface area contributed by atoms with Crippen molar-refractivity contribution in [3.05, 3.63) is 47.3 Å². The summed E-state index contributed by atoms with van der Waals surface area (Å²) in [7, 11) is -3.58. The van der Waals surface area contributed by atoms with Crippen molar-refractivity contribution in [1.82, 2.24) is 14.5 Å². The number of hydrogen-bond acceptors (Lipinski definition) is 7. The molecule has 4 rings (SSSR count). The molecule has 0 bridgehead atoms. The molecule has 0 aliphatic carbocycles. The number of carbonyl (C=O) groups excluding carboxylic acids is 1. The van der Waals surface area contributed by atoms with Gasteiger partial charge in [0.1, 0.15) is 0 Å². The van der Waals surface area contributed by atoms with E-state index in [0.29, 0.717) is 18.0 Å². The van der Waals surface area contributed by atoms with Crippen LogP contribution in [-0.2, 0) is 10.0 Å². The van der Waals surface area contributed by atoms with E-state index in [2.05, 4.69) is 15.5 Å². The summed E-state index contributed by atoms with van der Waals surface area (Å²) in [6, 6.07) is 9.64. The summed E-state index contributed by atoms with van der Waals surface area (Å²) in [6.07, 6.45) is 3.59. The molecule has 158 valence electrons. The first-order valence-corrected chi connectivity index (χ1v) is 12.1. The molecule has 8 nitrogen and oxygen atoms in total. The largest absolute Gasteiger partial charge is 0.402 e. The number of hydrogen-bond donors (Lipinski definition) is 1. The molecule has 0 radical (unpaired) electrons. The van der Waals surface area contributed by atoms with Gasteiger partial charge in [0.25, 0.3) is 11.8 Å². The molecule has 0 spiro atoms. The minimum atomic E-state index is -3.58. The second-order valence-electron chi connectivity index (χ2n) is 7.04. The Hall–Kier alpha value is -2.56. The number of carbonyl (C=O) groups is 1.